The van der Waals surface area contributed by atoms with Crippen molar-refractivity contribution in [3.05, 3.63) is 107 Å². The summed E-state index contributed by atoms with van der Waals surface area (Å²) in [6.07, 6.45) is 8.32. The molecule has 0 fully saturated rings. The fourth-order valence-corrected chi connectivity index (χ4v) is 8.40. The zero-order valence-electron chi connectivity index (χ0n) is 31.8. The summed E-state index contributed by atoms with van der Waals surface area (Å²) in [4.78, 5) is 57.8. The molecule has 3 atom stereocenters. The van der Waals surface area contributed by atoms with Crippen molar-refractivity contribution in [2.45, 2.75) is 86.6 Å². The number of benzene rings is 2. The lowest BCUT2D eigenvalue weighted by Gasteiger charge is -2.32. The molecule has 0 aliphatic carbocycles. The highest BCUT2D eigenvalue weighted by Crippen LogP contribution is 2.40. The number of aryl methyl sites for hydroxylation is 1. The van der Waals surface area contributed by atoms with Crippen LogP contribution in [0.5, 0.6) is 0 Å². The molecule has 294 valence electrons. The molecular formula is C42H50ClN9O3S. The van der Waals surface area contributed by atoms with Gasteiger partial charge in [0.1, 0.15) is 17.1 Å². The lowest BCUT2D eigenvalue weighted by Crippen LogP contribution is -2.57. The summed E-state index contributed by atoms with van der Waals surface area (Å²) < 4.78 is 0. The van der Waals surface area contributed by atoms with Gasteiger partial charge in [-0.1, -0.05) is 47.6 Å². The first-order valence-electron chi connectivity index (χ1n) is 19.1. The second-order valence-electron chi connectivity index (χ2n) is 14.2. The quantitative estimate of drug-likeness (QED) is 0.103. The van der Waals surface area contributed by atoms with Crippen molar-refractivity contribution in [3.63, 3.8) is 0 Å². The SMILES string of the molecule is Cc1cc(-c2cc(Cl)c3c(c2)CNC(=O)[C@H](Cc2c[nH]c4ccccc24)N(C)C(=O)[C@H](CCCCN)NC(=O)[C@H](CCCN)NCc2cccnc2S3)ccn1. The van der Waals surface area contributed by atoms with Crippen molar-refractivity contribution in [2.24, 2.45) is 11.5 Å². The molecule has 3 amide bonds. The average molecular weight is 796 g/mol. The van der Waals surface area contributed by atoms with Crippen LogP contribution in [0.3, 0.4) is 0 Å². The molecule has 1 aliphatic heterocycles. The van der Waals surface area contributed by atoms with Gasteiger partial charge in [-0.2, -0.15) is 0 Å². The second-order valence-corrected chi connectivity index (χ2v) is 15.6. The number of nitrogens with two attached hydrogens (primary N) is 2. The molecule has 1 aliphatic rings. The summed E-state index contributed by atoms with van der Waals surface area (Å²) in [6.45, 7) is 3.25. The van der Waals surface area contributed by atoms with Crippen molar-refractivity contribution in [1.82, 2.24) is 35.8 Å². The minimum Gasteiger partial charge on any atom is -0.361 e. The van der Waals surface area contributed by atoms with Gasteiger partial charge in [0, 0.05) is 66.6 Å². The predicted molar refractivity (Wildman–Crippen MR) is 222 cm³/mol. The molecule has 12 nitrogen and oxygen atoms in total. The Labute approximate surface area is 336 Å². The Kier molecular flexibility index (Phi) is 14.1. The summed E-state index contributed by atoms with van der Waals surface area (Å²) in [5, 5.41) is 11.8. The maximum atomic E-state index is 14.6. The Hall–Kier alpha value is -4.79. The monoisotopic (exact) mass is 795 g/mol. The Morgan fingerprint density at radius 1 is 0.857 bits per heavy atom. The molecule has 8 N–H and O–H groups in total. The van der Waals surface area contributed by atoms with Crippen molar-refractivity contribution in [1.29, 1.82) is 0 Å². The van der Waals surface area contributed by atoms with Crippen LogP contribution in [0.25, 0.3) is 22.0 Å². The van der Waals surface area contributed by atoms with Gasteiger partial charge in [0.15, 0.2) is 0 Å². The van der Waals surface area contributed by atoms with Gasteiger partial charge in [0.25, 0.3) is 0 Å². The number of carbonyl (C=O) groups is 3. The number of pyridine rings is 2. The number of aromatic nitrogens is 3. The summed E-state index contributed by atoms with van der Waals surface area (Å²) in [7, 11) is 1.63. The van der Waals surface area contributed by atoms with Crippen LogP contribution < -0.4 is 27.4 Å². The highest BCUT2D eigenvalue weighted by Gasteiger charge is 2.34. The van der Waals surface area contributed by atoms with Gasteiger partial charge in [0.2, 0.25) is 17.7 Å². The minimum absolute atomic E-state index is 0.128. The van der Waals surface area contributed by atoms with Crippen molar-refractivity contribution < 1.29 is 14.4 Å². The second kappa shape index (κ2) is 19.4. The number of likely N-dealkylation sites (N-methyl/N-ethyl adjacent to an activating group) is 1. The zero-order chi connectivity index (χ0) is 39.6. The van der Waals surface area contributed by atoms with Crippen LogP contribution in [-0.4, -0.2) is 75.8 Å². The number of rotatable bonds is 10. The number of amides is 3. The Morgan fingerprint density at radius 2 is 1.66 bits per heavy atom. The van der Waals surface area contributed by atoms with Crippen LogP contribution in [0.1, 0.15) is 54.5 Å². The molecule has 0 unspecified atom stereocenters. The Bertz CT molecular complexity index is 2160. The molecule has 56 heavy (non-hydrogen) atoms. The van der Waals surface area contributed by atoms with Gasteiger partial charge < -0.3 is 37.3 Å². The third kappa shape index (κ3) is 9.95. The molecule has 3 aromatic heterocycles. The van der Waals surface area contributed by atoms with Gasteiger partial charge >= 0.3 is 0 Å². The largest absolute Gasteiger partial charge is 0.361 e. The van der Waals surface area contributed by atoms with Crippen LogP contribution in [0.2, 0.25) is 5.02 Å². The van der Waals surface area contributed by atoms with Crippen LogP contribution in [0, 0.1) is 6.92 Å². The van der Waals surface area contributed by atoms with Crippen molar-refractivity contribution in [2.75, 3.05) is 20.1 Å². The van der Waals surface area contributed by atoms with Crippen molar-refractivity contribution >= 4 is 52.0 Å². The van der Waals surface area contributed by atoms with Gasteiger partial charge in [-0.05, 0) is 116 Å². The van der Waals surface area contributed by atoms with Crippen LogP contribution in [0.4, 0.5) is 0 Å². The third-order valence-electron chi connectivity index (χ3n) is 10.2. The number of nitrogens with zero attached hydrogens (tertiary/aromatic N) is 3. The van der Waals surface area contributed by atoms with E-state index < -0.39 is 18.1 Å². The van der Waals surface area contributed by atoms with Gasteiger partial charge in [0.05, 0.1) is 11.1 Å². The normalized spacial score (nSPS) is 18.6. The van der Waals surface area contributed by atoms with E-state index in [0.717, 1.165) is 49.3 Å². The number of carbonyl (C=O) groups excluding carboxylic acids is 3. The summed E-state index contributed by atoms with van der Waals surface area (Å²) >= 11 is 8.54. The number of nitrogens with one attached hydrogen (secondary N) is 4. The first kappa shape index (κ1) is 40.9. The number of para-hydroxylation sites is 1. The van der Waals surface area contributed by atoms with E-state index in [4.69, 9.17) is 28.1 Å². The van der Waals surface area contributed by atoms with E-state index >= 15 is 0 Å². The number of H-pyrrole nitrogens is 1. The Balaban J connectivity index is 1.45. The van der Waals surface area contributed by atoms with Crippen LogP contribution in [-0.2, 0) is 33.9 Å². The third-order valence-corrected chi connectivity index (χ3v) is 11.8. The molecule has 14 heteroatoms. The average Bonchev–Trinajstić information content (AvgIpc) is 3.61. The molecule has 0 radical (unpaired) electrons. The maximum absolute atomic E-state index is 14.6. The number of aromatic amines is 1. The minimum atomic E-state index is -0.919. The maximum Gasteiger partial charge on any atom is 0.245 e. The van der Waals surface area contributed by atoms with E-state index in [1.165, 1.54) is 16.7 Å². The lowest BCUT2D eigenvalue weighted by atomic mass is 10.0. The molecule has 4 heterocycles. The number of hydrogen-bond donors (Lipinski definition) is 6. The molecule has 6 rings (SSSR count). The van der Waals surface area contributed by atoms with Crippen LogP contribution in [0.15, 0.2) is 89.2 Å². The summed E-state index contributed by atoms with van der Waals surface area (Å²) in [5.41, 5.74) is 17.9. The van der Waals surface area contributed by atoms with Gasteiger partial charge in [-0.15, -0.1) is 0 Å². The first-order valence-corrected chi connectivity index (χ1v) is 20.3. The molecular weight excluding hydrogens is 746 g/mol. The summed E-state index contributed by atoms with van der Waals surface area (Å²) in [6, 6.07) is 17.1. The van der Waals surface area contributed by atoms with E-state index in [-0.39, 0.29) is 30.7 Å². The number of halogens is 1. The molecule has 0 saturated carbocycles. The smallest absolute Gasteiger partial charge is 0.245 e. The van der Waals surface area contributed by atoms with E-state index in [1.54, 1.807) is 19.4 Å². The highest BCUT2D eigenvalue weighted by molar-refractivity contribution is 7.99. The van der Waals surface area contributed by atoms with E-state index in [2.05, 4.69) is 25.9 Å². The Morgan fingerprint density at radius 3 is 2.46 bits per heavy atom. The topological polar surface area (TPSA) is 184 Å². The number of unbranched alkanes of at least 4 members (excludes halogenated alkanes) is 1. The number of fused-ring (bicyclic) bond motifs is 3. The van der Waals surface area contributed by atoms with Crippen LogP contribution >= 0.6 is 23.4 Å². The lowest BCUT2D eigenvalue weighted by molar-refractivity contribution is -0.142. The van der Waals surface area contributed by atoms with Gasteiger partial charge in [-0.25, -0.2) is 4.98 Å². The molecule has 5 aromatic rings. The number of hydrogen-bond acceptors (Lipinski definition) is 9. The van der Waals surface area contributed by atoms with Gasteiger partial charge in [-0.3, -0.25) is 19.4 Å². The van der Waals surface area contributed by atoms with E-state index in [1.807, 2.05) is 73.8 Å². The molecule has 0 bridgehead atoms. The fourth-order valence-electron chi connectivity index (χ4n) is 7.05. The molecule has 0 saturated heterocycles. The van der Waals surface area contributed by atoms with Crippen molar-refractivity contribution in [3.8, 4) is 11.1 Å². The predicted octanol–water partition coefficient (Wildman–Crippen LogP) is 5.25. The van der Waals surface area contributed by atoms with E-state index in [0.29, 0.717) is 61.8 Å². The molecule has 0 spiro atoms. The molecule has 2 aromatic carbocycles. The zero-order valence-corrected chi connectivity index (χ0v) is 33.4. The standard InChI is InChI=1S/C42H50ClN9O3S/c1-26-19-27(14-18-46-26)29-20-31-25-50-40(54)37(22-30-24-48-34-11-4-3-10-32(30)34)52(2)42(55)36(12-5-6-15-44)51-39(53)35(13-7-16-45)49-23-28-9-8-17-47-41(28)56-38(31)33(43)21-29/h3-4,8-11,14,17-21,24,35-37,48-49H,5-7,12-13,15-16,22-23,25,44-45H2,1-2H3,(H,50,54)(H,51,53)/t35-,36-,37-/m0/s1. The highest BCUT2D eigenvalue weighted by atomic mass is 35.5. The van der Waals surface area contributed by atoms with E-state index in [9.17, 15) is 14.4 Å². The first-order chi connectivity index (χ1) is 27.2. The fraction of sp³-hybridized carbons (Fsp3) is 0.357. The summed E-state index contributed by atoms with van der Waals surface area (Å²) in [5.74, 6) is -1.02.